The number of anilines is 1. The Morgan fingerprint density at radius 3 is 2.65 bits per heavy atom. The molecule has 4 rings (SSSR count). The van der Waals surface area contributed by atoms with Gasteiger partial charge in [-0.2, -0.15) is 5.10 Å². The molecule has 6 nitrogen and oxygen atoms in total. The van der Waals surface area contributed by atoms with Crippen LogP contribution in [0, 0.1) is 25.2 Å². The number of fused-ring (bicyclic) bond motifs is 1. The number of halogens is 1. The minimum atomic E-state index is -0.239. The van der Waals surface area contributed by atoms with Gasteiger partial charge in [0.2, 0.25) is 0 Å². The molecule has 1 aliphatic rings. The fourth-order valence-electron chi connectivity index (χ4n) is 4.29. The van der Waals surface area contributed by atoms with Crippen LogP contribution in [0.5, 0.6) is 0 Å². The van der Waals surface area contributed by atoms with Crippen molar-refractivity contribution in [2.45, 2.75) is 60.4 Å². The Hall–Kier alpha value is -2.60. The van der Waals surface area contributed by atoms with Crippen LogP contribution in [0.4, 0.5) is 5.69 Å². The van der Waals surface area contributed by atoms with Crippen molar-refractivity contribution >= 4 is 23.2 Å². The zero-order chi connectivity index (χ0) is 22.3. The molecule has 1 aromatic carbocycles. The summed E-state index contributed by atoms with van der Waals surface area (Å²) in [7, 11) is 0. The number of carbonyl (C=O) groups excluding carboxylic acids is 1. The highest BCUT2D eigenvalue weighted by Gasteiger charge is 2.34. The second-order valence-corrected chi connectivity index (χ2v) is 9.96. The van der Waals surface area contributed by atoms with Crippen LogP contribution in [0.1, 0.15) is 66.0 Å². The second kappa shape index (κ2) is 8.15. The number of nitrogens with zero attached hydrogens (tertiary/aromatic N) is 3. The number of hydrogen-bond donors (Lipinski definition) is 1. The number of hydrogen-bond acceptors (Lipinski definition) is 4. The fraction of sp³-hybridized carbons (Fsp3) is 0.458. The van der Waals surface area contributed by atoms with Crippen molar-refractivity contribution in [3.8, 4) is 0 Å². The normalized spacial score (nSPS) is 16.3. The van der Waals surface area contributed by atoms with Gasteiger partial charge in [-0.15, -0.1) is 0 Å². The fourth-order valence-corrected chi connectivity index (χ4v) is 4.41. The first kappa shape index (κ1) is 21.6. The average molecular weight is 441 g/mol. The molecule has 1 aliphatic carbocycles. The zero-order valence-electron chi connectivity index (χ0n) is 18.8. The number of amides is 1. The van der Waals surface area contributed by atoms with E-state index in [9.17, 15) is 4.79 Å². The Morgan fingerprint density at radius 2 is 1.97 bits per heavy atom. The van der Waals surface area contributed by atoms with Crippen LogP contribution in [0.2, 0.25) is 5.02 Å². The molecule has 1 amide bonds. The van der Waals surface area contributed by atoms with Crippen LogP contribution < -0.4 is 5.32 Å². The Morgan fingerprint density at radius 1 is 1.26 bits per heavy atom. The summed E-state index contributed by atoms with van der Waals surface area (Å²) in [5.74, 6) is 1.10. The van der Waals surface area contributed by atoms with E-state index in [0.717, 1.165) is 53.2 Å². The van der Waals surface area contributed by atoms with E-state index in [1.54, 1.807) is 0 Å². The summed E-state index contributed by atoms with van der Waals surface area (Å²) in [6, 6.07) is 7.68. The molecule has 0 aliphatic heterocycles. The predicted octanol–water partition coefficient (Wildman–Crippen LogP) is 5.59. The lowest BCUT2D eigenvalue weighted by Crippen LogP contribution is -2.27. The number of carbonyl (C=O) groups is 1. The first-order valence-corrected chi connectivity index (χ1v) is 11.1. The lowest BCUT2D eigenvalue weighted by Gasteiger charge is -2.33. The highest BCUT2D eigenvalue weighted by atomic mass is 35.5. The Kier molecular flexibility index (Phi) is 5.69. The van der Waals surface area contributed by atoms with Gasteiger partial charge < -0.3 is 9.84 Å². The van der Waals surface area contributed by atoms with Gasteiger partial charge in [0.05, 0.1) is 23.6 Å². The molecule has 0 saturated carbocycles. The third-order valence-corrected chi connectivity index (χ3v) is 6.60. The van der Waals surface area contributed by atoms with Gasteiger partial charge in [0, 0.05) is 17.0 Å². The van der Waals surface area contributed by atoms with Crippen LogP contribution in [0.3, 0.4) is 0 Å². The quantitative estimate of drug-likeness (QED) is 0.573. The summed E-state index contributed by atoms with van der Waals surface area (Å²) in [6.45, 7) is 11.2. The number of rotatable bonds is 4. The molecule has 0 spiro atoms. The van der Waals surface area contributed by atoms with Crippen molar-refractivity contribution in [2.75, 3.05) is 5.32 Å². The minimum absolute atomic E-state index is 0.179. The molecule has 164 valence electrons. The first-order chi connectivity index (χ1) is 14.6. The summed E-state index contributed by atoms with van der Waals surface area (Å²) in [6.07, 6.45) is 2.70. The van der Waals surface area contributed by atoms with E-state index in [4.69, 9.17) is 16.1 Å². The average Bonchev–Trinajstić information content (AvgIpc) is 3.25. The third-order valence-electron chi connectivity index (χ3n) is 6.35. The molecule has 0 unspecified atom stereocenters. The molecule has 0 bridgehead atoms. The lowest BCUT2D eigenvalue weighted by atomic mass is 9.71. The van der Waals surface area contributed by atoms with Crippen molar-refractivity contribution in [1.82, 2.24) is 14.9 Å². The number of nitrogens with one attached hydrogen (secondary N) is 1. The van der Waals surface area contributed by atoms with Crippen LogP contribution in [-0.4, -0.2) is 20.8 Å². The van der Waals surface area contributed by atoms with Crippen LogP contribution in [0.25, 0.3) is 0 Å². The van der Waals surface area contributed by atoms with Gasteiger partial charge in [0.15, 0.2) is 5.69 Å². The summed E-state index contributed by atoms with van der Waals surface area (Å²) in [4.78, 5) is 13.1. The molecular formula is C24H29ClN4O2. The maximum atomic E-state index is 13.1. The van der Waals surface area contributed by atoms with E-state index in [0.29, 0.717) is 23.2 Å². The van der Waals surface area contributed by atoms with E-state index < -0.39 is 0 Å². The maximum absolute atomic E-state index is 13.1. The first-order valence-electron chi connectivity index (χ1n) is 10.7. The summed E-state index contributed by atoms with van der Waals surface area (Å²) < 4.78 is 7.41. The SMILES string of the molecule is Cc1nn(Cc2ccc(Cl)cc2)c(C)c1NC(=O)c1noc2c1C[C@H](C(C)(C)C)CC2. The summed E-state index contributed by atoms with van der Waals surface area (Å²) in [5.41, 5.74) is 5.00. The van der Waals surface area contributed by atoms with Gasteiger partial charge in [-0.05, 0) is 55.7 Å². The van der Waals surface area contributed by atoms with Crippen LogP contribution >= 0.6 is 11.6 Å². The predicted molar refractivity (Wildman–Crippen MR) is 122 cm³/mol. The molecule has 1 atom stereocenters. The Balaban J connectivity index is 1.54. The highest BCUT2D eigenvalue weighted by molar-refractivity contribution is 6.30. The van der Waals surface area contributed by atoms with E-state index >= 15 is 0 Å². The van der Waals surface area contributed by atoms with Crippen molar-refractivity contribution in [3.63, 3.8) is 0 Å². The molecule has 0 fully saturated rings. The minimum Gasteiger partial charge on any atom is -0.360 e. The van der Waals surface area contributed by atoms with Gasteiger partial charge in [-0.25, -0.2) is 0 Å². The Bertz CT molecular complexity index is 1110. The van der Waals surface area contributed by atoms with Gasteiger partial charge in [0.25, 0.3) is 5.91 Å². The zero-order valence-corrected chi connectivity index (χ0v) is 19.5. The van der Waals surface area contributed by atoms with Crippen molar-refractivity contribution in [1.29, 1.82) is 0 Å². The van der Waals surface area contributed by atoms with E-state index in [1.807, 2.05) is 42.8 Å². The van der Waals surface area contributed by atoms with Crippen LogP contribution in [0.15, 0.2) is 28.8 Å². The van der Waals surface area contributed by atoms with E-state index in [-0.39, 0.29) is 11.3 Å². The summed E-state index contributed by atoms with van der Waals surface area (Å²) >= 11 is 5.98. The largest absolute Gasteiger partial charge is 0.360 e. The van der Waals surface area contributed by atoms with Gasteiger partial charge in [-0.3, -0.25) is 9.48 Å². The smallest absolute Gasteiger partial charge is 0.278 e. The third kappa shape index (κ3) is 4.40. The van der Waals surface area contributed by atoms with Gasteiger partial charge >= 0.3 is 0 Å². The molecule has 7 heteroatoms. The Labute approximate surface area is 188 Å². The van der Waals surface area contributed by atoms with Gasteiger partial charge in [-0.1, -0.05) is 49.7 Å². The van der Waals surface area contributed by atoms with Crippen LogP contribution in [-0.2, 0) is 19.4 Å². The monoisotopic (exact) mass is 440 g/mol. The van der Waals surface area contributed by atoms with Crippen molar-refractivity contribution in [2.24, 2.45) is 11.3 Å². The molecule has 1 N–H and O–H groups in total. The van der Waals surface area contributed by atoms with E-state index in [1.165, 1.54) is 0 Å². The molecule has 3 aromatic rings. The summed E-state index contributed by atoms with van der Waals surface area (Å²) in [5, 5.41) is 12.5. The standard InChI is InChI=1S/C24H29ClN4O2/c1-14-21(15(2)29(27-14)13-16-6-9-18(25)10-7-16)26-23(30)22-19-12-17(24(3,4)5)8-11-20(19)31-28-22/h6-7,9-10,17H,8,11-13H2,1-5H3,(H,26,30)/t17-/m1/s1. The lowest BCUT2D eigenvalue weighted by molar-refractivity contribution is 0.101. The molecule has 2 heterocycles. The molecule has 0 saturated heterocycles. The number of aromatic nitrogens is 3. The molecule has 31 heavy (non-hydrogen) atoms. The molecular weight excluding hydrogens is 412 g/mol. The van der Waals surface area contributed by atoms with Gasteiger partial charge in [0.1, 0.15) is 5.76 Å². The second-order valence-electron chi connectivity index (χ2n) is 9.52. The highest BCUT2D eigenvalue weighted by Crippen LogP contribution is 2.38. The maximum Gasteiger partial charge on any atom is 0.278 e. The van der Waals surface area contributed by atoms with Crippen molar-refractivity contribution < 1.29 is 9.32 Å². The topological polar surface area (TPSA) is 73.0 Å². The van der Waals surface area contributed by atoms with E-state index in [2.05, 4.69) is 36.3 Å². The molecule has 0 radical (unpaired) electrons. The number of benzene rings is 1. The molecule has 2 aromatic heterocycles. The van der Waals surface area contributed by atoms with Crippen molar-refractivity contribution in [3.05, 3.63) is 63.3 Å². The number of aryl methyl sites for hydroxylation is 2.